The van der Waals surface area contributed by atoms with Gasteiger partial charge in [0.05, 0.1) is 0 Å². The van der Waals surface area contributed by atoms with Crippen molar-refractivity contribution in [3.63, 3.8) is 0 Å². The molecule has 0 saturated carbocycles. The summed E-state index contributed by atoms with van der Waals surface area (Å²) >= 11 is -4.19. The summed E-state index contributed by atoms with van der Waals surface area (Å²) in [6.45, 7) is 12.6. The van der Waals surface area contributed by atoms with Gasteiger partial charge in [-0.2, -0.15) is 0 Å². The standard InChI is InChI=1S/C35H43O5Si.3C6H5.Sn/c1-23-26(22-41(9,10)35(2,3)4)20-25-16-18-28(36-5)33(38-7)30(25)31-27(17-19-29(37-6)34(31)39-8)32(23)40-21-24-14-12-11-13-15-24;3*1-2-4-6-5-3-1;/h1,11-19,22,32H,20-21H2,2-10H3;3*1-5H;/b23-1?,26-22+;;;;/t32-;;;;/m0..../s1. The van der Waals surface area contributed by atoms with Crippen molar-refractivity contribution in [3.8, 4) is 34.1 Å². The Hall–Kier alpha value is -5.02. The summed E-state index contributed by atoms with van der Waals surface area (Å²) in [7, 11) is 4.68. The Morgan fingerprint density at radius 1 is 0.583 bits per heavy atom. The first-order valence-electron chi connectivity index (χ1n) is 20.7. The molecule has 1 aliphatic rings. The first kappa shape index (κ1) is 43.1. The van der Waals surface area contributed by atoms with Gasteiger partial charge in [0, 0.05) is 0 Å². The number of ether oxygens (including phenoxy) is 5. The van der Waals surface area contributed by atoms with Gasteiger partial charge in [-0.05, 0) is 0 Å². The molecule has 1 aliphatic carbocycles. The third-order valence-corrected chi connectivity index (χ3v) is 30.3. The molecule has 0 amide bonds. The Morgan fingerprint density at radius 2 is 1.05 bits per heavy atom. The van der Waals surface area contributed by atoms with E-state index in [1.807, 2.05) is 12.1 Å². The summed E-state index contributed by atoms with van der Waals surface area (Å²) in [5, 5.41) is 0.0709. The van der Waals surface area contributed by atoms with Crippen LogP contribution in [0.1, 0.15) is 43.6 Å². The fourth-order valence-electron chi connectivity index (χ4n) is 8.43. The van der Waals surface area contributed by atoms with Crippen LogP contribution in [0, 0.1) is 0 Å². The maximum atomic E-state index is 7.52. The zero-order valence-corrected chi connectivity index (χ0v) is 40.4. The molecule has 5 nitrogen and oxygen atoms in total. The van der Waals surface area contributed by atoms with E-state index in [-0.39, 0.29) is 5.04 Å². The second-order valence-corrected chi connectivity index (χ2v) is 32.7. The molecule has 7 rings (SSSR count). The van der Waals surface area contributed by atoms with Crippen molar-refractivity contribution in [1.82, 2.24) is 0 Å². The maximum absolute atomic E-state index is 7.52. The van der Waals surface area contributed by atoms with Gasteiger partial charge in [0.1, 0.15) is 0 Å². The predicted molar refractivity (Wildman–Crippen MR) is 253 cm³/mol. The van der Waals surface area contributed by atoms with Crippen LogP contribution in [0.15, 0.2) is 167 Å². The van der Waals surface area contributed by atoms with Gasteiger partial charge in [0.25, 0.3) is 0 Å². The van der Waals surface area contributed by atoms with Crippen molar-refractivity contribution >= 4 is 37.2 Å². The fraction of sp³-hybridized carbons (Fsp3) is 0.245. The van der Waals surface area contributed by atoms with E-state index in [0.29, 0.717) is 36.0 Å². The average molecular weight is 922 g/mol. The number of methoxy groups -OCH3 is 4. The van der Waals surface area contributed by atoms with Gasteiger partial charge in [-0.25, -0.2) is 0 Å². The summed E-state index contributed by atoms with van der Waals surface area (Å²) in [4.78, 5) is 0. The second-order valence-electron chi connectivity index (χ2n) is 17.1. The van der Waals surface area contributed by atoms with Gasteiger partial charge in [0.15, 0.2) is 0 Å². The summed E-state index contributed by atoms with van der Waals surface area (Å²) in [5.41, 5.74) is 10.1. The predicted octanol–water partition coefficient (Wildman–Crippen LogP) is 10.8. The molecule has 0 N–H and O–H groups in total. The monoisotopic (exact) mass is 922 g/mol. The van der Waals surface area contributed by atoms with Crippen LogP contribution < -0.4 is 29.7 Å². The van der Waals surface area contributed by atoms with Gasteiger partial charge in [0.2, 0.25) is 0 Å². The molecule has 0 unspecified atom stereocenters. The van der Waals surface area contributed by atoms with Crippen LogP contribution in [-0.4, -0.2) is 54.9 Å². The van der Waals surface area contributed by atoms with Crippen molar-refractivity contribution in [3.05, 3.63) is 183 Å². The van der Waals surface area contributed by atoms with Gasteiger partial charge in [-0.1, -0.05) is 0 Å². The van der Waals surface area contributed by atoms with Gasteiger partial charge in [-0.3, -0.25) is 0 Å². The Kier molecular flexibility index (Phi) is 13.1. The van der Waals surface area contributed by atoms with E-state index in [0.717, 1.165) is 27.8 Å². The van der Waals surface area contributed by atoms with Crippen LogP contribution in [0.4, 0.5) is 0 Å². The molecule has 308 valence electrons. The Bertz CT molecular complexity index is 2360. The second kappa shape index (κ2) is 18.3. The topological polar surface area (TPSA) is 46.2 Å². The van der Waals surface area contributed by atoms with Crippen LogP contribution in [0.2, 0.25) is 18.1 Å². The summed E-state index contributed by atoms with van der Waals surface area (Å²) in [6.07, 6.45) is 0.117. The van der Waals surface area contributed by atoms with Crippen LogP contribution in [-0.2, 0) is 17.8 Å². The molecular weight excluding hydrogens is 863 g/mol. The molecule has 6 aromatic carbocycles. The molecule has 6 aromatic rings. The number of hydrogen-bond donors (Lipinski definition) is 0. The molecular formula is C53H58O5SiSn. The number of hydrogen-bond acceptors (Lipinski definition) is 5. The summed E-state index contributed by atoms with van der Waals surface area (Å²) in [6, 6.07) is 52.5. The molecule has 7 heteroatoms. The van der Waals surface area contributed by atoms with Crippen LogP contribution >= 0.6 is 0 Å². The van der Waals surface area contributed by atoms with Crippen LogP contribution in [0.25, 0.3) is 11.1 Å². The van der Waals surface area contributed by atoms with E-state index >= 15 is 0 Å². The van der Waals surface area contributed by atoms with Crippen molar-refractivity contribution < 1.29 is 23.7 Å². The Labute approximate surface area is 362 Å². The summed E-state index contributed by atoms with van der Waals surface area (Å²) < 4.78 is 39.1. The minimum absolute atomic E-state index is 0.0709. The molecule has 0 radical (unpaired) electrons. The Morgan fingerprint density at radius 3 is 1.52 bits per heavy atom. The molecule has 0 fully saturated rings. The third kappa shape index (κ3) is 8.34. The van der Waals surface area contributed by atoms with Crippen LogP contribution in [0.3, 0.4) is 0 Å². The molecule has 0 aliphatic heterocycles. The SMILES string of the molecule is COc1ccc2c(c1OC)-c1c(ccc(OC)c1OC)[C@@H](OCc1ccccc1)C(=[CH]/[Sn]([c]1ccccc1)([c]1ccccc1)[c]1ccccc1)/C(=C/[Si](C)(C)C(C)(C)C)C2. The van der Waals surface area contributed by atoms with E-state index in [1.54, 1.807) is 28.4 Å². The van der Waals surface area contributed by atoms with Crippen LogP contribution in [0.5, 0.6) is 23.0 Å². The molecule has 0 aromatic heterocycles. The number of fused-ring (bicyclic) bond motifs is 3. The van der Waals surface area contributed by atoms with E-state index in [4.69, 9.17) is 23.7 Å². The van der Waals surface area contributed by atoms with E-state index in [2.05, 4.69) is 177 Å². The zero-order valence-electron chi connectivity index (χ0n) is 36.5. The number of benzene rings is 6. The molecule has 0 saturated heterocycles. The Balaban J connectivity index is 1.71. The van der Waals surface area contributed by atoms with E-state index < -0.39 is 32.6 Å². The van der Waals surface area contributed by atoms with Crippen molar-refractivity contribution in [2.24, 2.45) is 0 Å². The average Bonchev–Trinajstić information content (AvgIpc) is 3.27. The zero-order chi connectivity index (χ0) is 42.5. The fourth-order valence-corrected chi connectivity index (χ4v) is 22.7. The normalized spacial score (nSPS) is 15.7. The molecule has 0 bridgehead atoms. The van der Waals surface area contributed by atoms with Crippen molar-refractivity contribution in [2.45, 2.75) is 58.0 Å². The van der Waals surface area contributed by atoms with E-state index in [9.17, 15) is 0 Å². The minimum atomic E-state index is -4.19. The number of rotatable bonds is 12. The van der Waals surface area contributed by atoms with Gasteiger partial charge >= 0.3 is 365 Å². The first-order chi connectivity index (χ1) is 29.0. The quantitative estimate of drug-likeness (QED) is 0.114. The summed E-state index contributed by atoms with van der Waals surface area (Å²) in [5.74, 6) is 2.54. The molecule has 1 atom stereocenters. The molecule has 0 heterocycles. The van der Waals surface area contributed by atoms with Crippen molar-refractivity contribution in [1.29, 1.82) is 0 Å². The first-order valence-corrected chi connectivity index (χ1v) is 29.7. The third-order valence-electron chi connectivity index (χ3n) is 12.6. The van der Waals surface area contributed by atoms with E-state index in [1.165, 1.54) is 21.9 Å². The molecule has 60 heavy (non-hydrogen) atoms. The molecule has 0 spiro atoms. The van der Waals surface area contributed by atoms with Gasteiger partial charge in [-0.15, -0.1) is 0 Å². The van der Waals surface area contributed by atoms with Gasteiger partial charge < -0.3 is 0 Å². The van der Waals surface area contributed by atoms with Crippen molar-refractivity contribution in [2.75, 3.05) is 28.4 Å².